The Morgan fingerprint density at radius 2 is 1.19 bits per heavy atom. The van der Waals surface area contributed by atoms with Crippen LogP contribution >= 0.6 is 11.3 Å². The molecule has 2 atom stereocenters. The number of benzene rings is 7. The first-order valence-electron chi connectivity index (χ1n) is 16.8. The molecule has 226 valence electrons. The molecular weight excluding hydrogens is 597 g/mol. The molecule has 10 rings (SSSR count). The molecule has 0 saturated heterocycles. The third-order valence-corrected chi connectivity index (χ3v) is 12.0. The van der Waals surface area contributed by atoms with Gasteiger partial charge in [0.1, 0.15) is 0 Å². The summed E-state index contributed by atoms with van der Waals surface area (Å²) in [4.78, 5) is 1.30. The van der Waals surface area contributed by atoms with Crippen LogP contribution < -0.4 is 0 Å². The Hall–Kier alpha value is -5.50. The van der Waals surface area contributed by atoms with Gasteiger partial charge >= 0.3 is 0 Å². The van der Waals surface area contributed by atoms with Crippen LogP contribution in [0.5, 0.6) is 0 Å². The van der Waals surface area contributed by atoms with Crippen LogP contribution in [0, 0.1) is 5.41 Å². The summed E-state index contributed by atoms with van der Waals surface area (Å²) in [6.45, 7) is 2.45. The van der Waals surface area contributed by atoms with Crippen LogP contribution in [0.2, 0.25) is 0 Å². The topological polar surface area (TPSA) is 0 Å². The monoisotopic (exact) mass is 628 g/mol. The molecule has 2 aliphatic rings. The van der Waals surface area contributed by atoms with E-state index in [-0.39, 0.29) is 11.3 Å². The van der Waals surface area contributed by atoms with Gasteiger partial charge in [0.15, 0.2) is 0 Å². The number of allylic oxidation sites excluding steroid dienone is 5. The zero-order valence-corrected chi connectivity index (χ0v) is 27.5. The van der Waals surface area contributed by atoms with Gasteiger partial charge in [-0.1, -0.05) is 159 Å². The standard InChI is InChI=1S/C47H32S/c1-47-27-9-8-21-42(47)45(36-17-6-7-18-39(36)46(47)38-20-10-14-30-12-2-4-15-34(30)38)37-19-11-22-43-41(37)29-44(48-43)33-26-25-32-24-23-31-13-3-5-16-35(31)40(32)28-33/h2-29,46H,1H3. The number of rotatable bonds is 3. The molecule has 0 bridgehead atoms. The average molecular weight is 629 g/mol. The highest BCUT2D eigenvalue weighted by atomic mass is 32.1. The summed E-state index contributed by atoms with van der Waals surface area (Å²) in [5.74, 6) is 0.185. The first-order chi connectivity index (χ1) is 23.7. The van der Waals surface area contributed by atoms with E-state index < -0.39 is 0 Å². The Kier molecular flexibility index (Phi) is 6.04. The van der Waals surface area contributed by atoms with E-state index in [1.165, 1.54) is 86.2 Å². The maximum absolute atomic E-state index is 2.45. The molecule has 1 heterocycles. The van der Waals surface area contributed by atoms with Gasteiger partial charge in [-0.2, -0.15) is 0 Å². The van der Waals surface area contributed by atoms with E-state index in [1.54, 1.807) is 0 Å². The molecule has 0 saturated carbocycles. The highest BCUT2D eigenvalue weighted by molar-refractivity contribution is 7.22. The van der Waals surface area contributed by atoms with Crippen molar-refractivity contribution in [1.82, 2.24) is 0 Å². The highest BCUT2D eigenvalue weighted by Crippen LogP contribution is 2.58. The lowest BCUT2D eigenvalue weighted by atomic mass is 9.57. The summed E-state index contributed by atoms with van der Waals surface area (Å²) < 4.78 is 1.32. The van der Waals surface area contributed by atoms with Gasteiger partial charge in [-0.15, -0.1) is 11.3 Å². The van der Waals surface area contributed by atoms with E-state index in [2.05, 4.69) is 177 Å². The Morgan fingerprint density at radius 3 is 2.08 bits per heavy atom. The molecule has 1 aromatic heterocycles. The van der Waals surface area contributed by atoms with Crippen LogP contribution in [0.25, 0.3) is 58.4 Å². The van der Waals surface area contributed by atoms with Gasteiger partial charge in [0.2, 0.25) is 0 Å². The average Bonchev–Trinajstić information content (AvgIpc) is 3.58. The second-order valence-corrected chi connectivity index (χ2v) is 14.5. The molecule has 48 heavy (non-hydrogen) atoms. The molecule has 0 spiro atoms. The van der Waals surface area contributed by atoms with Crippen molar-refractivity contribution in [3.8, 4) is 10.4 Å². The summed E-state index contributed by atoms with van der Waals surface area (Å²) in [5, 5.41) is 9.12. The van der Waals surface area contributed by atoms with Crippen LogP contribution in [-0.2, 0) is 0 Å². The molecule has 2 unspecified atom stereocenters. The van der Waals surface area contributed by atoms with Crippen molar-refractivity contribution in [2.45, 2.75) is 12.8 Å². The van der Waals surface area contributed by atoms with Crippen LogP contribution in [0.15, 0.2) is 175 Å². The van der Waals surface area contributed by atoms with E-state index in [4.69, 9.17) is 0 Å². The minimum absolute atomic E-state index is 0.185. The molecule has 2 aliphatic carbocycles. The van der Waals surface area contributed by atoms with E-state index in [0.29, 0.717) is 0 Å². The summed E-state index contributed by atoms with van der Waals surface area (Å²) >= 11 is 1.90. The van der Waals surface area contributed by atoms with Crippen LogP contribution in [0.4, 0.5) is 0 Å². The van der Waals surface area contributed by atoms with Crippen LogP contribution in [0.3, 0.4) is 0 Å². The Bertz CT molecular complexity index is 2690. The maximum atomic E-state index is 2.45. The van der Waals surface area contributed by atoms with E-state index in [1.807, 2.05) is 11.3 Å². The van der Waals surface area contributed by atoms with E-state index in [9.17, 15) is 0 Å². The largest absolute Gasteiger partial charge is 0.135 e. The summed E-state index contributed by atoms with van der Waals surface area (Å²) in [5.41, 5.74) is 9.22. The van der Waals surface area contributed by atoms with Gasteiger partial charge in [-0.25, -0.2) is 0 Å². The fraction of sp³-hybridized carbons (Fsp3) is 0.0638. The van der Waals surface area contributed by atoms with Crippen LogP contribution in [-0.4, -0.2) is 0 Å². The lowest BCUT2D eigenvalue weighted by Crippen LogP contribution is -2.32. The van der Waals surface area contributed by atoms with Crippen molar-refractivity contribution in [3.05, 3.63) is 198 Å². The lowest BCUT2D eigenvalue weighted by molar-refractivity contribution is 0.450. The lowest BCUT2D eigenvalue weighted by Gasteiger charge is -2.45. The second-order valence-electron chi connectivity index (χ2n) is 13.4. The predicted octanol–water partition coefficient (Wildman–Crippen LogP) is 13.1. The van der Waals surface area contributed by atoms with E-state index in [0.717, 1.165) is 0 Å². The van der Waals surface area contributed by atoms with Gasteiger partial charge in [-0.3, -0.25) is 0 Å². The molecule has 0 fully saturated rings. The number of fused-ring (bicyclic) bond motifs is 7. The van der Waals surface area contributed by atoms with Crippen molar-refractivity contribution in [1.29, 1.82) is 0 Å². The van der Waals surface area contributed by atoms with Gasteiger partial charge in [0.05, 0.1) is 0 Å². The normalized spacial score (nSPS) is 18.6. The quantitative estimate of drug-likeness (QED) is 0.171. The molecule has 7 aromatic carbocycles. The Balaban J connectivity index is 1.20. The molecule has 0 amide bonds. The smallest absolute Gasteiger partial charge is 0.0355 e. The van der Waals surface area contributed by atoms with Gasteiger partial charge in [-0.05, 0) is 89.5 Å². The molecule has 1 heteroatoms. The van der Waals surface area contributed by atoms with Gasteiger partial charge in [0.25, 0.3) is 0 Å². The van der Waals surface area contributed by atoms with E-state index >= 15 is 0 Å². The van der Waals surface area contributed by atoms with Crippen molar-refractivity contribution in [3.63, 3.8) is 0 Å². The van der Waals surface area contributed by atoms with Crippen molar-refractivity contribution in [2.75, 3.05) is 0 Å². The minimum atomic E-state index is -0.219. The first-order valence-corrected chi connectivity index (χ1v) is 17.6. The first kappa shape index (κ1) is 27.6. The summed E-state index contributed by atoms with van der Waals surface area (Å²) in [6, 6.07) is 54.3. The third kappa shape index (κ3) is 4.01. The molecule has 0 nitrogen and oxygen atoms in total. The summed E-state index contributed by atoms with van der Waals surface area (Å²) in [7, 11) is 0. The number of hydrogen-bond donors (Lipinski definition) is 0. The molecule has 0 radical (unpaired) electrons. The fourth-order valence-electron chi connectivity index (χ4n) is 8.58. The van der Waals surface area contributed by atoms with Crippen molar-refractivity contribution in [2.24, 2.45) is 5.41 Å². The fourth-order valence-corrected chi connectivity index (χ4v) is 9.67. The molecule has 0 aliphatic heterocycles. The molecule has 0 N–H and O–H groups in total. The number of thiophene rings is 1. The SMILES string of the molecule is CC12C=CC=CC1=C(c1cccc3sc(-c4ccc5ccc6ccccc6c5c4)cc13)c1ccccc1C2c1cccc2ccccc12. The molecule has 8 aromatic rings. The zero-order valence-electron chi connectivity index (χ0n) is 26.7. The van der Waals surface area contributed by atoms with Gasteiger partial charge < -0.3 is 0 Å². The maximum Gasteiger partial charge on any atom is 0.0355 e. The predicted molar refractivity (Wildman–Crippen MR) is 207 cm³/mol. The van der Waals surface area contributed by atoms with Crippen LogP contribution in [0.1, 0.15) is 35.1 Å². The molecular formula is C47H32S. The van der Waals surface area contributed by atoms with Crippen molar-refractivity contribution < 1.29 is 0 Å². The zero-order chi connectivity index (χ0) is 31.8. The Morgan fingerprint density at radius 1 is 0.521 bits per heavy atom. The number of hydrogen-bond acceptors (Lipinski definition) is 1. The third-order valence-electron chi connectivity index (χ3n) is 10.8. The van der Waals surface area contributed by atoms with Gasteiger partial charge in [0, 0.05) is 26.3 Å². The summed E-state index contributed by atoms with van der Waals surface area (Å²) in [6.07, 6.45) is 9.30. The Labute approximate surface area is 284 Å². The highest BCUT2D eigenvalue weighted by Gasteiger charge is 2.44. The minimum Gasteiger partial charge on any atom is -0.135 e. The van der Waals surface area contributed by atoms with Crippen molar-refractivity contribution >= 4 is 59.3 Å². The second kappa shape index (κ2) is 10.5.